The first-order valence-corrected chi connectivity index (χ1v) is 6.77. The molecule has 0 radical (unpaired) electrons. The molecule has 0 bridgehead atoms. The lowest BCUT2D eigenvalue weighted by Crippen LogP contribution is -2.25. The van der Waals surface area contributed by atoms with Crippen molar-refractivity contribution in [2.24, 2.45) is 0 Å². The summed E-state index contributed by atoms with van der Waals surface area (Å²) in [4.78, 5) is 11.8. The molecule has 2 aromatic rings. The number of halogens is 5. The smallest absolute Gasteiger partial charge is 0.395 e. The van der Waals surface area contributed by atoms with Crippen LogP contribution in [0.4, 0.5) is 38.1 Å². The molecule has 0 spiro atoms. The Hall–Kier alpha value is -3.04. The Morgan fingerprint density at radius 3 is 2.08 bits per heavy atom. The van der Waals surface area contributed by atoms with Gasteiger partial charge in [0, 0.05) is 17.4 Å². The topological polar surface area (TPSA) is 59.6 Å². The lowest BCUT2D eigenvalue weighted by atomic mass is 10.2. The van der Waals surface area contributed by atoms with Gasteiger partial charge in [0.15, 0.2) is 11.5 Å². The van der Waals surface area contributed by atoms with Gasteiger partial charge in [-0.3, -0.25) is 0 Å². The number of urea groups is 1. The third kappa shape index (κ3) is 3.90. The van der Waals surface area contributed by atoms with E-state index in [2.05, 4.69) is 20.1 Å². The van der Waals surface area contributed by atoms with Crippen LogP contribution >= 0.6 is 0 Å². The highest BCUT2D eigenvalue weighted by atomic mass is 19.4. The molecule has 0 aromatic heterocycles. The number of nitrogens with one attached hydrogen (secondary N) is 2. The fraction of sp³-hybridized carbons (Fsp3) is 0.133. The molecule has 132 valence electrons. The Morgan fingerprint density at radius 1 is 0.880 bits per heavy atom. The maximum Gasteiger partial charge on any atom is 0.586 e. The van der Waals surface area contributed by atoms with Gasteiger partial charge in [0.2, 0.25) is 0 Å². The number of amides is 2. The molecule has 2 amide bonds. The highest BCUT2D eigenvalue weighted by molar-refractivity contribution is 5.99. The summed E-state index contributed by atoms with van der Waals surface area (Å²) in [6.45, 7) is 0. The van der Waals surface area contributed by atoms with Crippen molar-refractivity contribution in [3.05, 3.63) is 48.0 Å². The highest BCUT2D eigenvalue weighted by Gasteiger charge is 2.43. The van der Waals surface area contributed by atoms with Crippen LogP contribution in [0.3, 0.4) is 0 Å². The van der Waals surface area contributed by atoms with E-state index >= 15 is 0 Å². The van der Waals surface area contributed by atoms with Gasteiger partial charge in [-0.1, -0.05) is 0 Å². The Kier molecular flexibility index (Phi) is 3.90. The number of ether oxygens (including phenoxy) is 2. The van der Waals surface area contributed by atoms with Crippen LogP contribution < -0.4 is 20.1 Å². The number of carbonyl (C=O) groups is 1. The molecule has 10 heteroatoms. The second kappa shape index (κ2) is 5.80. The van der Waals surface area contributed by atoms with Crippen LogP contribution in [0.2, 0.25) is 0 Å². The summed E-state index contributed by atoms with van der Waals surface area (Å²) in [5.41, 5.74) is -0.600. The van der Waals surface area contributed by atoms with Gasteiger partial charge in [0.05, 0.1) is 5.56 Å². The lowest BCUT2D eigenvalue weighted by Gasteiger charge is -2.10. The molecule has 1 aliphatic rings. The third-order valence-electron chi connectivity index (χ3n) is 3.13. The standard InChI is InChI=1S/C15H9F5N2O3/c16-14(17,18)8-1-3-9(4-2-8)21-13(23)22-10-5-6-11-12(7-10)25-15(19,20)24-11/h1-7H,(H2,21,22,23). The van der Waals surface area contributed by atoms with E-state index in [1.54, 1.807) is 0 Å². The number of rotatable bonds is 2. The normalized spacial score (nSPS) is 14.9. The summed E-state index contributed by atoms with van der Waals surface area (Å²) in [6.07, 6.45) is -8.25. The van der Waals surface area contributed by atoms with Gasteiger partial charge in [0.1, 0.15) is 0 Å². The minimum absolute atomic E-state index is 0.123. The van der Waals surface area contributed by atoms with Gasteiger partial charge in [-0.15, -0.1) is 8.78 Å². The molecule has 0 saturated carbocycles. The summed E-state index contributed by atoms with van der Waals surface area (Å²) in [5, 5.41) is 4.66. The maximum absolute atomic E-state index is 12.9. The molecule has 0 atom stereocenters. The molecule has 0 unspecified atom stereocenters. The van der Waals surface area contributed by atoms with Gasteiger partial charge in [-0.05, 0) is 36.4 Å². The molecular weight excluding hydrogens is 351 g/mol. The van der Waals surface area contributed by atoms with Crippen molar-refractivity contribution in [2.45, 2.75) is 12.5 Å². The summed E-state index contributed by atoms with van der Waals surface area (Å²) in [6, 6.07) is 6.65. The van der Waals surface area contributed by atoms with Crippen molar-refractivity contribution in [3.63, 3.8) is 0 Å². The molecule has 3 rings (SSSR count). The number of alkyl halides is 5. The predicted octanol–water partition coefficient (Wildman–Crippen LogP) is 4.67. The summed E-state index contributed by atoms with van der Waals surface area (Å²) in [5.74, 6) is -0.434. The quantitative estimate of drug-likeness (QED) is 0.765. The maximum atomic E-state index is 12.9. The molecule has 0 saturated heterocycles. The van der Waals surface area contributed by atoms with Crippen molar-refractivity contribution in [3.8, 4) is 11.5 Å². The molecule has 25 heavy (non-hydrogen) atoms. The number of anilines is 2. The largest absolute Gasteiger partial charge is 0.586 e. The number of hydrogen-bond acceptors (Lipinski definition) is 3. The monoisotopic (exact) mass is 360 g/mol. The van der Waals surface area contributed by atoms with E-state index < -0.39 is 24.1 Å². The zero-order valence-corrected chi connectivity index (χ0v) is 12.2. The fourth-order valence-electron chi connectivity index (χ4n) is 2.06. The van der Waals surface area contributed by atoms with E-state index in [1.807, 2.05) is 0 Å². The average molecular weight is 360 g/mol. The summed E-state index contributed by atoms with van der Waals surface area (Å²) in [7, 11) is 0. The van der Waals surface area contributed by atoms with E-state index in [0.29, 0.717) is 0 Å². The second-order valence-corrected chi connectivity index (χ2v) is 4.98. The van der Waals surface area contributed by atoms with Gasteiger partial charge in [-0.25, -0.2) is 4.79 Å². The molecule has 1 aliphatic heterocycles. The highest BCUT2D eigenvalue weighted by Crippen LogP contribution is 2.42. The van der Waals surface area contributed by atoms with E-state index in [4.69, 9.17) is 0 Å². The van der Waals surface area contributed by atoms with Crippen LogP contribution in [-0.4, -0.2) is 12.3 Å². The van der Waals surface area contributed by atoms with Crippen molar-refractivity contribution in [1.29, 1.82) is 0 Å². The van der Waals surface area contributed by atoms with Gasteiger partial charge < -0.3 is 20.1 Å². The Balaban J connectivity index is 1.64. The van der Waals surface area contributed by atoms with Crippen LogP contribution in [0.25, 0.3) is 0 Å². The predicted molar refractivity (Wildman–Crippen MR) is 76.7 cm³/mol. The van der Waals surface area contributed by atoms with Gasteiger partial charge in [0.25, 0.3) is 0 Å². The van der Waals surface area contributed by atoms with Crippen LogP contribution in [-0.2, 0) is 6.18 Å². The number of benzene rings is 2. The summed E-state index contributed by atoms with van der Waals surface area (Å²) < 4.78 is 71.7. The minimum Gasteiger partial charge on any atom is -0.395 e. The molecule has 1 heterocycles. The number of carbonyl (C=O) groups excluding carboxylic acids is 1. The minimum atomic E-state index is -4.48. The molecule has 2 aromatic carbocycles. The van der Waals surface area contributed by atoms with Crippen molar-refractivity contribution >= 4 is 17.4 Å². The van der Waals surface area contributed by atoms with Crippen LogP contribution in [0.5, 0.6) is 11.5 Å². The molecule has 0 fully saturated rings. The second-order valence-electron chi connectivity index (χ2n) is 4.98. The first-order valence-electron chi connectivity index (χ1n) is 6.77. The Bertz CT molecular complexity index is 806. The number of fused-ring (bicyclic) bond motifs is 1. The Morgan fingerprint density at radius 2 is 1.44 bits per heavy atom. The van der Waals surface area contributed by atoms with Gasteiger partial charge in [-0.2, -0.15) is 13.2 Å². The van der Waals surface area contributed by atoms with Gasteiger partial charge >= 0.3 is 18.5 Å². The zero-order chi connectivity index (χ0) is 18.2. The molecular formula is C15H9F5N2O3. The van der Waals surface area contributed by atoms with E-state index in [1.165, 1.54) is 12.1 Å². The number of hydrogen-bond donors (Lipinski definition) is 2. The van der Waals surface area contributed by atoms with Crippen LogP contribution in [0, 0.1) is 0 Å². The average Bonchev–Trinajstić information content (AvgIpc) is 2.80. The van der Waals surface area contributed by atoms with E-state index in [-0.39, 0.29) is 22.9 Å². The van der Waals surface area contributed by atoms with Crippen LogP contribution in [0.1, 0.15) is 5.56 Å². The molecule has 5 nitrogen and oxygen atoms in total. The fourth-order valence-corrected chi connectivity index (χ4v) is 2.06. The van der Waals surface area contributed by atoms with Crippen molar-refractivity contribution < 1.29 is 36.2 Å². The zero-order valence-electron chi connectivity index (χ0n) is 12.2. The van der Waals surface area contributed by atoms with Crippen molar-refractivity contribution in [1.82, 2.24) is 0 Å². The molecule has 2 N–H and O–H groups in total. The summed E-state index contributed by atoms with van der Waals surface area (Å²) >= 11 is 0. The van der Waals surface area contributed by atoms with Crippen molar-refractivity contribution in [2.75, 3.05) is 10.6 Å². The van der Waals surface area contributed by atoms with E-state index in [0.717, 1.165) is 30.3 Å². The van der Waals surface area contributed by atoms with E-state index in [9.17, 15) is 26.7 Å². The third-order valence-corrected chi connectivity index (χ3v) is 3.13. The Labute approximate surface area is 137 Å². The molecule has 0 aliphatic carbocycles. The first-order chi connectivity index (χ1) is 11.6. The first kappa shape index (κ1) is 16.8. The van der Waals surface area contributed by atoms with Crippen LogP contribution in [0.15, 0.2) is 42.5 Å². The lowest BCUT2D eigenvalue weighted by molar-refractivity contribution is -0.286. The SMILES string of the molecule is O=C(Nc1ccc(C(F)(F)F)cc1)Nc1ccc2c(c1)OC(F)(F)O2.